The van der Waals surface area contributed by atoms with Crippen molar-refractivity contribution in [3.8, 4) is 0 Å². The van der Waals surface area contributed by atoms with Gasteiger partial charge in [0.25, 0.3) is 10.0 Å². The summed E-state index contributed by atoms with van der Waals surface area (Å²) in [6.07, 6.45) is 0.268. The highest BCUT2D eigenvalue weighted by atomic mass is 32.2. The summed E-state index contributed by atoms with van der Waals surface area (Å²) in [7, 11) is -7.82. The van der Waals surface area contributed by atoms with Crippen molar-refractivity contribution in [1.82, 2.24) is 0 Å². The number of hydrogen-bond acceptors (Lipinski definition) is 6. The van der Waals surface area contributed by atoms with Crippen LogP contribution in [0.15, 0.2) is 58.3 Å². The largest absolute Gasteiger partial charge is 0.280 e. The monoisotopic (exact) mass is 409 g/mol. The number of rotatable bonds is 5. The van der Waals surface area contributed by atoms with Crippen LogP contribution in [-0.2, 0) is 29.6 Å². The zero-order valence-electron chi connectivity index (χ0n) is 13.8. The van der Waals surface area contributed by atoms with E-state index in [-0.39, 0.29) is 40.1 Å². The van der Waals surface area contributed by atoms with Gasteiger partial charge < -0.3 is 0 Å². The molecule has 142 valence electrons. The number of nitrogens with two attached hydrogens (primary N) is 1. The molecular formula is C16H15N3O6S2. The predicted molar refractivity (Wildman–Crippen MR) is 96.8 cm³/mol. The molecule has 3 rings (SSSR count). The van der Waals surface area contributed by atoms with E-state index in [4.69, 9.17) is 5.14 Å². The van der Waals surface area contributed by atoms with Crippen molar-refractivity contribution in [2.45, 2.75) is 22.6 Å². The number of amides is 2. The Balaban J connectivity index is 1.81. The van der Waals surface area contributed by atoms with Crippen LogP contribution in [0.4, 0.5) is 11.4 Å². The number of sulfonamides is 2. The molecule has 0 bridgehead atoms. The summed E-state index contributed by atoms with van der Waals surface area (Å²) in [6, 6.07) is 10.2. The van der Waals surface area contributed by atoms with Gasteiger partial charge in [0.05, 0.1) is 15.5 Å². The molecule has 1 saturated heterocycles. The number of primary sulfonamides is 1. The zero-order chi connectivity index (χ0) is 19.8. The van der Waals surface area contributed by atoms with E-state index in [0.29, 0.717) is 5.69 Å². The molecule has 2 aromatic rings. The van der Waals surface area contributed by atoms with Crippen molar-refractivity contribution in [3.05, 3.63) is 48.5 Å². The normalized spacial score (nSPS) is 15.2. The maximum absolute atomic E-state index is 12.4. The smallest absolute Gasteiger partial charge is 0.261 e. The Kier molecular flexibility index (Phi) is 4.76. The van der Waals surface area contributed by atoms with Crippen LogP contribution in [0.25, 0.3) is 0 Å². The number of benzene rings is 2. The standard InChI is InChI=1S/C16H15N3O6S2/c17-26(22,23)13-5-1-11(2-6-13)18-27(24,25)14-7-3-12(4-8-14)19-15(20)9-10-16(19)21/h1-8,18H,9-10H2,(H2,17,22,23). The van der Waals surface area contributed by atoms with Gasteiger partial charge in [0.15, 0.2) is 0 Å². The van der Waals surface area contributed by atoms with Crippen molar-refractivity contribution in [2.75, 3.05) is 9.62 Å². The van der Waals surface area contributed by atoms with Gasteiger partial charge in [-0.25, -0.2) is 22.0 Å². The fourth-order valence-electron chi connectivity index (χ4n) is 2.57. The van der Waals surface area contributed by atoms with E-state index in [1.165, 1.54) is 48.5 Å². The van der Waals surface area contributed by atoms with E-state index >= 15 is 0 Å². The first-order valence-corrected chi connectivity index (χ1v) is 10.7. The molecule has 3 N–H and O–H groups in total. The molecule has 2 amide bonds. The van der Waals surface area contributed by atoms with Gasteiger partial charge in [0.2, 0.25) is 21.8 Å². The summed E-state index contributed by atoms with van der Waals surface area (Å²) in [5.74, 6) is -0.660. The van der Waals surface area contributed by atoms with Gasteiger partial charge in [-0.1, -0.05) is 0 Å². The van der Waals surface area contributed by atoms with Crippen molar-refractivity contribution in [2.24, 2.45) is 5.14 Å². The molecule has 1 fully saturated rings. The summed E-state index contributed by atoms with van der Waals surface area (Å²) in [5, 5.41) is 4.99. The molecule has 2 aromatic carbocycles. The highest BCUT2D eigenvalue weighted by Crippen LogP contribution is 2.25. The lowest BCUT2D eigenvalue weighted by Crippen LogP contribution is -2.28. The Labute approximate surface area is 155 Å². The van der Waals surface area contributed by atoms with E-state index in [9.17, 15) is 26.4 Å². The first-order chi connectivity index (χ1) is 12.6. The Hall–Kier alpha value is -2.76. The lowest BCUT2D eigenvalue weighted by Gasteiger charge is -2.14. The second-order valence-corrected chi connectivity index (χ2v) is 9.04. The predicted octanol–water partition coefficient (Wildman–Crippen LogP) is 0.788. The van der Waals surface area contributed by atoms with Crippen LogP contribution in [0.2, 0.25) is 0 Å². The van der Waals surface area contributed by atoms with E-state index in [1.54, 1.807) is 0 Å². The average molecular weight is 409 g/mol. The average Bonchev–Trinajstić information content (AvgIpc) is 2.93. The molecule has 0 spiro atoms. The molecule has 1 aliphatic rings. The van der Waals surface area contributed by atoms with Gasteiger partial charge in [0, 0.05) is 18.5 Å². The number of carbonyl (C=O) groups is 2. The molecule has 9 nitrogen and oxygen atoms in total. The number of nitrogens with zero attached hydrogens (tertiary/aromatic N) is 1. The van der Waals surface area contributed by atoms with Crippen LogP contribution in [0.5, 0.6) is 0 Å². The number of nitrogens with one attached hydrogen (secondary N) is 1. The lowest BCUT2D eigenvalue weighted by molar-refractivity contribution is -0.121. The summed E-state index contributed by atoms with van der Waals surface area (Å²) < 4.78 is 49.6. The van der Waals surface area contributed by atoms with Crippen LogP contribution in [0, 0.1) is 0 Å². The maximum atomic E-state index is 12.4. The van der Waals surface area contributed by atoms with E-state index in [2.05, 4.69) is 4.72 Å². The van der Waals surface area contributed by atoms with Gasteiger partial charge in [-0.2, -0.15) is 0 Å². The van der Waals surface area contributed by atoms with Crippen molar-refractivity contribution in [3.63, 3.8) is 0 Å². The second kappa shape index (κ2) is 6.76. The van der Waals surface area contributed by atoms with Crippen LogP contribution in [0.1, 0.15) is 12.8 Å². The highest BCUT2D eigenvalue weighted by Gasteiger charge is 2.30. The van der Waals surface area contributed by atoms with Crippen LogP contribution < -0.4 is 14.8 Å². The third-order valence-electron chi connectivity index (χ3n) is 3.89. The van der Waals surface area contributed by atoms with Gasteiger partial charge in [0.1, 0.15) is 0 Å². The first kappa shape index (κ1) is 19.0. The molecular weight excluding hydrogens is 394 g/mol. The summed E-state index contributed by atoms with van der Waals surface area (Å²) in [5.41, 5.74) is 0.454. The Morgan fingerprint density at radius 2 is 1.26 bits per heavy atom. The van der Waals surface area contributed by atoms with E-state index < -0.39 is 20.0 Å². The van der Waals surface area contributed by atoms with Crippen LogP contribution in [0.3, 0.4) is 0 Å². The topological polar surface area (TPSA) is 144 Å². The number of anilines is 2. The molecule has 0 aromatic heterocycles. The molecule has 27 heavy (non-hydrogen) atoms. The SMILES string of the molecule is NS(=O)(=O)c1ccc(NS(=O)(=O)c2ccc(N3C(=O)CCC3=O)cc2)cc1. The molecule has 11 heteroatoms. The van der Waals surface area contributed by atoms with Gasteiger partial charge >= 0.3 is 0 Å². The number of carbonyl (C=O) groups excluding carboxylic acids is 2. The highest BCUT2D eigenvalue weighted by molar-refractivity contribution is 7.92. The van der Waals surface area contributed by atoms with Crippen molar-refractivity contribution >= 4 is 43.2 Å². The Morgan fingerprint density at radius 1 is 0.778 bits per heavy atom. The van der Waals surface area contributed by atoms with Gasteiger partial charge in [-0.15, -0.1) is 0 Å². The number of hydrogen-bond donors (Lipinski definition) is 2. The third-order valence-corrected chi connectivity index (χ3v) is 6.22. The maximum Gasteiger partial charge on any atom is 0.261 e. The Bertz CT molecular complexity index is 1090. The molecule has 0 saturated carbocycles. The van der Waals surface area contributed by atoms with Gasteiger partial charge in [-0.3, -0.25) is 19.2 Å². The molecule has 0 radical (unpaired) electrons. The molecule has 1 aliphatic heterocycles. The van der Waals surface area contributed by atoms with Crippen molar-refractivity contribution in [1.29, 1.82) is 0 Å². The summed E-state index contributed by atoms with van der Waals surface area (Å²) in [6.45, 7) is 0. The summed E-state index contributed by atoms with van der Waals surface area (Å²) in [4.78, 5) is 24.3. The van der Waals surface area contributed by atoms with Crippen molar-refractivity contribution < 1.29 is 26.4 Å². The molecule has 1 heterocycles. The van der Waals surface area contributed by atoms with Crippen LogP contribution in [-0.4, -0.2) is 28.6 Å². The molecule has 0 aliphatic carbocycles. The van der Waals surface area contributed by atoms with Gasteiger partial charge in [-0.05, 0) is 48.5 Å². The second-order valence-electron chi connectivity index (χ2n) is 5.79. The van der Waals surface area contributed by atoms with E-state index in [0.717, 1.165) is 4.90 Å². The first-order valence-electron chi connectivity index (χ1n) is 7.69. The minimum absolute atomic E-state index is 0.0825. The molecule has 0 atom stereocenters. The lowest BCUT2D eigenvalue weighted by atomic mass is 10.3. The summed E-state index contributed by atoms with van der Waals surface area (Å²) >= 11 is 0. The molecule has 0 unspecified atom stereocenters. The van der Waals surface area contributed by atoms with E-state index in [1.807, 2.05) is 0 Å². The minimum atomic E-state index is -3.95. The fourth-order valence-corrected chi connectivity index (χ4v) is 4.14. The fraction of sp³-hybridized carbons (Fsp3) is 0.125. The number of imide groups is 1. The third kappa shape index (κ3) is 3.99. The Morgan fingerprint density at radius 3 is 1.74 bits per heavy atom. The zero-order valence-corrected chi connectivity index (χ0v) is 15.5. The quantitative estimate of drug-likeness (QED) is 0.699. The minimum Gasteiger partial charge on any atom is -0.280 e. The van der Waals surface area contributed by atoms with Crippen LogP contribution >= 0.6 is 0 Å².